The van der Waals surface area contributed by atoms with Gasteiger partial charge in [-0.05, 0) is 38.9 Å². The van der Waals surface area contributed by atoms with Crippen LogP contribution in [0.5, 0.6) is 0 Å². The van der Waals surface area contributed by atoms with E-state index < -0.39 is 12.6 Å². The van der Waals surface area contributed by atoms with Crippen molar-refractivity contribution in [3.8, 4) is 0 Å². The van der Waals surface area contributed by atoms with E-state index in [2.05, 4.69) is 24.1 Å². The van der Waals surface area contributed by atoms with Gasteiger partial charge in [-0.25, -0.2) is 0 Å². The minimum atomic E-state index is -4.06. The Morgan fingerprint density at radius 1 is 1.10 bits per heavy atom. The second kappa shape index (κ2) is 7.64. The molecular weight excluding hydrogens is 265 g/mol. The standard InChI is InChI=1S/C15H29F3N2/c1-4-19-13(9-12-15(16,17)18)14(10-7-8-11-14)20(5-2)6-3/h13,19H,4-12H2,1-3H3. The zero-order valence-electron chi connectivity index (χ0n) is 13.0. The lowest BCUT2D eigenvalue weighted by atomic mass is 9.83. The highest BCUT2D eigenvalue weighted by Crippen LogP contribution is 2.40. The van der Waals surface area contributed by atoms with E-state index in [4.69, 9.17) is 0 Å². The van der Waals surface area contributed by atoms with Crippen molar-refractivity contribution in [3.05, 3.63) is 0 Å². The third-order valence-electron chi connectivity index (χ3n) is 4.68. The summed E-state index contributed by atoms with van der Waals surface area (Å²) in [6, 6.07) is -0.0588. The zero-order chi connectivity index (χ0) is 15.2. The molecule has 0 radical (unpaired) electrons. The molecule has 0 aromatic heterocycles. The molecule has 2 nitrogen and oxygen atoms in total. The number of rotatable bonds is 8. The van der Waals surface area contributed by atoms with Gasteiger partial charge in [0, 0.05) is 18.0 Å². The molecular formula is C15H29F3N2. The van der Waals surface area contributed by atoms with Gasteiger partial charge in [-0.2, -0.15) is 13.2 Å². The van der Waals surface area contributed by atoms with Gasteiger partial charge in [-0.1, -0.05) is 33.6 Å². The summed E-state index contributed by atoms with van der Waals surface area (Å²) in [6.07, 6.45) is -0.262. The monoisotopic (exact) mass is 294 g/mol. The number of hydrogen-bond acceptors (Lipinski definition) is 2. The highest BCUT2D eigenvalue weighted by molar-refractivity contribution is 5.03. The SMILES string of the molecule is CCNC(CCC(F)(F)F)C1(N(CC)CC)CCCC1. The minimum absolute atomic E-state index is 0.0588. The maximum absolute atomic E-state index is 12.6. The Morgan fingerprint density at radius 2 is 1.65 bits per heavy atom. The largest absolute Gasteiger partial charge is 0.389 e. The van der Waals surface area contributed by atoms with E-state index in [-0.39, 0.29) is 18.0 Å². The minimum Gasteiger partial charge on any atom is -0.312 e. The van der Waals surface area contributed by atoms with Gasteiger partial charge in [0.05, 0.1) is 0 Å². The first-order chi connectivity index (χ1) is 9.39. The van der Waals surface area contributed by atoms with Gasteiger partial charge in [0.1, 0.15) is 0 Å². The Kier molecular flexibility index (Phi) is 6.79. The molecule has 1 fully saturated rings. The van der Waals surface area contributed by atoms with Crippen molar-refractivity contribution in [3.63, 3.8) is 0 Å². The van der Waals surface area contributed by atoms with E-state index in [1.807, 2.05) is 6.92 Å². The van der Waals surface area contributed by atoms with E-state index >= 15 is 0 Å². The normalized spacial score (nSPS) is 20.6. The molecule has 0 saturated heterocycles. The van der Waals surface area contributed by atoms with E-state index in [0.717, 1.165) is 45.3 Å². The second-order valence-corrected chi connectivity index (χ2v) is 5.75. The van der Waals surface area contributed by atoms with Crippen LogP contribution in [0.4, 0.5) is 13.2 Å². The molecule has 0 aliphatic heterocycles. The molecule has 20 heavy (non-hydrogen) atoms. The lowest BCUT2D eigenvalue weighted by Crippen LogP contribution is -2.60. The van der Waals surface area contributed by atoms with Crippen LogP contribution in [-0.4, -0.2) is 42.3 Å². The molecule has 5 heteroatoms. The summed E-state index contributed by atoms with van der Waals surface area (Å²) in [6.45, 7) is 8.73. The third-order valence-corrected chi connectivity index (χ3v) is 4.68. The van der Waals surface area contributed by atoms with Gasteiger partial charge < -0.3 is 5.32 Å². The van der Waals surface area contributed by atoms with Crippen LogP contribution in [0.1, 0.15) is 59.3 Å². The summed E-state index contributed by atoms with van der Waals surface area (Å²) in [5.74, 6) is 0. The molecule has 0 bridgehead atoms. The van der Waals surface area contributed by atoms with Crippen LogP contribution in [0.15, 0.2) is 0 Å². The summed E-state index contributed by atoms with van der Waals surface area (Å²) in [7, 11) is 0. The van der Waals surface area contributed by atoms with Gasteiger partial charge in [-0.3, -0.25) is 4.90 Å². The van der Waals surface area contributed by atoms with Crippen molar-refractivity contribution in [2.45, 2.75) is 77.1 Å². The summed E-state index contributed by atoms with van der Waals surface area (Å²) < 4.78 is 37.8. The predicted molar refractivity (Wildman–Crippen MR) is 76.9 cm³/mol. The molecule has 0 spiro atoms. The third kappa shape index (κ3) is 4.35. The molecule has 1 aliphatic carbocycles. The van der Waals surface area contributed by atoms with Crippen LogP contribution in [0.2, 0.25) is 0 Å². The van der Waals surface area contributed by atoms with Crippen molar-refractivity contribution < 1.29 is 13.2 Å². The molecule has 0 amide bonds. The smallest absolute Gasteiger partial charge is 0.312 e. The van der Waals surface area contributed by atoms with Gasteiger partial charge in [0.2, 0.25) is 0 Å². The van der Waals surface area contributed by atoms with Crippen LogP contribution < -0.4 is 5.32 Å². The lowest BCUT2D eigenvalue weighted by Gasteiger charge is -2.47. The molecule has 0 aromatic carbocycles. The van der Waals surface area contributed by atoms with Crippen LogP contribution in [-0.2, 0) is 0 Å². The number of likely N-dealkylation sites (N-methyl/N-ethyl adjacent to an activating group) is 2. The number of nitrogens with zero attached hydrogens (tertiary/aromatic N) is 1. The quantitative estimate of drug-likeness (QED) is 0.729. The first kappa shape index (κ1) is 17.8. The number of halogens is 3. The Bertz CT molecular complexity index is 269. The summed E-state index contributed by atoms with van der Waals surface area (Å²) in [4.78, 5) is 2.38. The number of hydrogen-bond donors (Lipinski definition) is 1. The van der Waals surface area contributed by atoms with E-state index in [0.29, 0.717) is 0 Å². The number of nitrogens with one attached hydrogen (secondary N) is 1. The van der Waals surface area contributed by atoms with Gasteiger partial charge in [0.25, 0.3) is 0 Å². The predicted octanol–water partition coefficient (Wildman–Crippen LogP) is 3.96. The average molecular weight is 294 g/mol. The van der Waals surface area contributed by atoms with Crippen molar-refractivity contribution in [2.24, 2.45) is 0 Å². The molecule has 1 saturated carbocycles. The maximum Gasteiger partial charge on any atom is 0.389 e. The molecule has 0 heterocycles. The first-order valence-electron chi connectivity index (χ1n) is 7.94. The Balaban J connectivity index is 2.87. The molecule has 1 rings (SSSR count). The van der Waals surface area contributed by atoms with Gasteiger partial charge >= 0.3 is 6.18 Å². The highest BCUT2D eigenvalue weighted by Gasteiger charge is 2.45. The topological polar surface area (TPSA) is 15.3 Å². The van der Waals surface area contributed by atoms with E-state index in [1.165, 1.54) is 0 Å². The van der Waals surface area contributed by atoms with Crippen molar-refractivity contribution in [2.75, 3.05) is 19.6 Å². The van der Waals surface area contributed by atoms with Crippen LogP contribution in [0.25, 0.3) is 0 Å². The fourth-order valence-electron chi connectivity index (χ4n) is 3.84. The fraction of sp³-hybridized carbons (Fsp3) is 1.00. The summed E-state index contributed by atoms with van der Waals surface area (Å²) >= 11 is 0. The van der Waals surface area contributed by atoms with Gasteiger partial charge in [0.15, 0.2) is 0 Å². The molecule has 120 valence electrons. The Morgan fingerprint density at radius 3 is 2.05 bits per heavy atom. The van der Waals surface area contributed by atoms with Crippen molar-refractivity contribution in [1.82, 2.24) is 10.2 Å². The first-order valence-corrected chi connectivity index (χ1v) is 7.94. The van der Waals surface area contributed by atoms with Crippen molar-refractivity contribution in [1.29, 1.82) is 0 Å². The molecule has 1 N–H and O–H groups in total. The molecule has 1 aliphatic rings. The molecule has 1 unspecified atom stereocenters. The highest BCUT2D eigenvalue weighted by atomic mass is 19.4. The maximum atomic E-state index is 12.6. The van der Waals surface area contributed by atoms with Gasteiger partial charge in [-0.15, -0.1) is 0 Å². The summed E-state index contributed by atoms with van der Waals surface area (Å²) in [5.41, 5.74) is -0.0786. The summed E-state index contributed by atoms with van der Waals surface area (Å²) in [5, 5.41) is 3.35. The van der Waals surface area contributed by atoms with Crippen LogP contribution in [0.3, 0.4) is 0 Å². The lowest BCUT2D eigenvalue weighted by molar-refractivity contribution is -0.138. The average Bonchev–Trinajstić information content (AvgIpc) is 2.85. The van der Waals surface area contributed by atoms with Crippen LogP contribution >= 0.6 is 0 Å². The van der Waals surface area contributed by atoms with Crippen molar-refractivity contribution >= 4 is 0 Å². The Hall–Kier alpha value is -0.290. The fourth-order valence-corrected chi connectivity index (χ4v) is 3.84. The second-order valence-electron chi connectivity index (χ2n) is 5.75. The number of alkyl halides is 3. The van der Waals surface area contributed by atoms with E-state index in [1.54, 1.807) is 0 Å². The van der Waals surface area contributed by atoms with E-state index in [9.17, 15) is 13.2 Å². The van der Waals surface area contributed by atoms with Crippen LogP contribution in [0, 0.1) is 0 Å². The molecule has 1 atom stereocenters. The molecule has 0 aromatic rings. The zero-order valence-corrected chi connectivity index (χ0v) is 13.0. The Labute approximate surface area is 121 Å².